The maximum absolute atomic E-state index is 13.0. The molecule has 11 heteroatoms. The summed E-state index contributed by atoms with van der Waals surface area (Å²) in [5.74, 6) is -3.20. The van der Waals surface area contributed by atoms with E-state index < -0.39 is 54.1 Å². The number of hydrogen-bond acceptors (Lipinski definition) is 6. The average Bonchev–Trinajstić information content (AvgIpc) is 2.87. The highest BCUT2D eigenvalue weighted by Crippen LogP contribution is 2.12. The molecule has 0 rings (SSSR count). The average molecular weight is 568 g/mol. The van der Waals surface area contributed by atoms with E-state index in [1.165, 1.54) is 44.9 Å². The summed E-state index contributed by atoms with van der Waals surface area (Å²) in [5, 5.41) is 7.58. The van der Waals surface area contributed by atoms with Gasteiger partial charge in [0, 0.05) is 12.8 Å². The fraction of sp³-hybridized carbons (Fsp3) is 0.793. The molecule has 0 saturated carbocycles. The summed E-state index contributed by atoms with van der Waals surface area (Å²) in [5.41, 5.74) is 10.5. The van der Waals surface area contributed by atoms with Crippen molar-refractivity contribution in [3.63, 3.8) is 0 Å². The summed E-state index contributed by atoms with van der Waals surface area (Å²) in [4.78, 5) is 72.6. The SMILES string of the molecule is CCCCCCCCCCCCCC(=O)N[C@@H](CC(N)=O)C(=O)N[C@@H](CCC(N)=O)C(=O)N[C@H](C=O)CC(C)C. The number of rotatable bonds is 25. The molecule has 5 amide bonds. The van der Waals surface area contributed by atoms with E-state index >= 15 is 0 Å². The zero-order valence-electron chi connectivity index (χ0n) is 24.8. The minimum atomic E-state index is -1.28. The molecule has 0 radical (unpaired) electrons. The lowest BCUT2D eigenvalue weighted by atomic mass is 10.0. The van der Waals surface area contributed by atoms with E-state index in [0.29, 0.717) is 19.1 Å². The van der Waals surface area contributed by atoms with E-state index in [2.05, 4.69) is 22.9 Å². The highest BCUT2D eigenvalue weighted by molar-refractivity contribution is 5.95. The first-order chi connectivity index (χ1) is 19.0. The molecule has 0 aromatic rings. The summed E-state index contributed by atoms with van der Waals surface area (Å²) < 4.78 is 0. The van der Waals surface area contributed by atoms with Gasteiger partial charge in [0.25, 0.3) is 0 Å². The number of nitrogens with one attached hydrogen (secondary N) is 3. The zero-order chi connectivity index (χ0) is 30.3. The van der Waals surface area contributed by atoms with Crippen molar-refractivity contribution in [3.8, 4) is 0 Å². The molecular formula is C29H53N5O6. The molecule has 0 heterocycles. The molecule has 3 atom stereocenters. The van der Waals surface area contributed by atoms with Crippen LogP contribution in [0.25, 0.3) is 0 Å². The van der Waals surface area contributed by atoms with Crippen LogP contribution in [0.3, 0.4) is 0 Å². The van der Waals surface area contributed by atoms with E-state index in [4.69, 9.17) is 11.5 Å². The number of amides is 5. The first-order valence-electron chi connectivity index (χ1n) is 14.9. The zero-order valence-corrected chi connectivity index (χ0v) is 24.8. The van der Waals surface area contributed by atoms with Gasteiger partial charge in [-0.15, -0.1) is 0 Å². The van der Waals surface area contributed by atoms with Crippen molar-refractivity contribution in [2.45, 2.75) is 142 Å². The molecule has 0 fully saturated rings. The topological polar surface area (TPSA) is 191 Å². The van der Waals surface area contributed by atoms with Crippen molar-refractivity contribution < 1.29 is 28.8 Å². The Morgan fingerprint density at radius 3 is 1.68 bits per heavy atom. The number of carbonyl (C=O) groups is 6. The normalized spacial score (nSPS) is 13.2. The lowest BCUT2D eigenvalue weighted by Gasteiger charge is -2.24. The first-order valence-corrected chi connectivity index (χ1v) is 14.9. The first kappa shape index (κ1) is 37.0. The van der Waals surface area contributed by atoms with Crippen molar-refractivity contribution in [1.29, 1.82) is 0 Å². The van der Waals surface area contributed by atoms with Crippen LogP contribution in [0.2, 0.25) is 0 Å². The molecule has 0 unspecified atom stereocenters. The maximum atomic E-state index is 13.0. The van der Waals surface area contributed by atoms with E-state index in [-0.39, 0.29) is 25.2 Å². The molecule has 40 heavy (non-hydrogen) atoms. The molecule has 230 valence electrons. The van der Waals surface area contributed by atoms with Crippen LogP contribution in [0.4, 0.5) is 0 Å². The molecule has 0 aliphatic carbocycles. The van der Waals surface area contributed by atoms with Gasteiger partial charge in [-0.3, -0.25) is 24.0 Å². The summed E-state index contributed by atoms with van der Waals surface area (Å²) >= 11 is 0. The molecule has 11 nitrogen and oxygen atoms in total. The van der Waals surface area contributed by atoms with Crippen LogP contribution in [-0.4, -0.2) is 53.9 Å². The number of primary amides is 2. The van der Waals surface area contributed by atoms with Crippen LogP contribution >= 0.6 is 0 Å². The van der Waals surface area contributed by atoms with Gasteiger partial charge in [-0.1, -0.05) is 85.0 Å². The highest BCUT2D eigenvalue weighted by atomic mass is 16.2. The fourth-order valence-electron chi connectivity index (χ4n) is 4.39. The Morgan fingerprint density at radius 2 is 1.20 bits per heavy atom. The lowest BCUT2D eigenvalue weighted by Crippen LogP contribution is -2.56. The Kier molecular flexibility index (Phi) is 21.1. The minimum Gasteiger partial charge on any atom is -0.370 e. The molecule has 0 aliphatic rings. The largest absolute Gasteiger partial charge is 0.370 e. The van der Waals surface area contributed by atoms with Crippen molar-refractivity contribution >= 4 is 35.8 Å². The third-order valence-corrected chi connectivity index (χ3v) is 6.59. The Hall–Kier alpha value is -2.98. The Bertz CT molecular complexity index is 789. The van der Waals surface area contributed by atoms with Gasteiger partial charge in [0.1, 0.15) is 18.4 Å². The van der Waals surface area contributed by atoms with Gasteiger partial charge in [-0.2, -0.15) is 0 Å². The van der Waals surface area contributed by atoms with E-state index in [1.807, 2.05) is 13.8 Å². The second kappa shape index (κ2) is 22.8. The molecule has 7 N–H and O–H groups in total. The second-order valence-electron chi connectivity index (χ2n) is 11.0. The van der Waals surface area contributed by atoms with Crippen LogP contribution in [-0.2, 0) is 28.8 Å². The quantitative estimate of drug-likeness (QED) is 0.0831. The minimum absolute atomic E-state index is 0.115. The molecule has 0 spiro atoms. The van der Waals surface area contributed by atoms with E-state index in [9.17, 15) is 28.8 Å². The summed E-state index contributed by atoms with van der Waals surface area (Å²) in [7, 11) is 0. The Labute approximate surface area is 239 Å². The summed E-state index contributed by atoms with van der Waals surface area (Å²) in [6.07, 6.45) is 13.0. The molecule has 0 saturated heterocycles. The molecule has 0 bridgehead atoms. The van der Waals surface area contributed by atoms with Gasteiger partial charge in [0.05, 0.1) is 12.5 Å². The molecule has 0 aliphatic heterocycles. The molecule has 0 aromatic carbocycles. The monoisotopic (exact) mass is 567 g/mol. The molecule has 0 aromatic heterocycles. The predicted molar refractivity (Wildman–Crippen MR) is 155 cm³/mol. The number of unbranched alkanes of at least 4 members (excludes halogenated alkanes) is 10. The summed E-state index contributed by atoms with van der Waals surface area (Å²) in [6, 6.07) is -3.25. The van der Waals surface area contributed by atoms with Crippen LogP contribution < -0.4 is 27.4 Å². The van der Waals surface area contributed by atoms with Crippen molar-refractivity contribution in [1.82, 2.24) is 16.0 Å². The van der Waals surface area contributed by atoms with E-state index in [1.54, 1.807) is 0 Å². The van der Waals surface area contributed by atoms with Gasteiger partial charge in [-0.05, 0) is 25.2 Å². The highest BCUT2D eigenvalue weighted by Gasteiger charge is 2.29. The van der Waals surface area contributed by atoms with Gasteiger partial charge >= 0.3 is 0 Å². The predicted octanol–water partition coefficient (Wildman–Crippen LogP) is 2.53. The van der Waals surface area contributed by atoms with Gasteiger partial charge in [-0.25, -0.2) is 0 Å². The third kappa shape index (κ3) is 20.0. The Balaban J connectivity index is 4.84. The standard InChI is InChI=1S/C29H53N5O6/c1-4-5-6-7-8-9-10-11-12-13-14-15-27(38)33-24(19-26(31)37)29(40)34-23(16-17-25(30)36)28(39)32-22(20-35)18-21(2)3/h20-24H,4-19H2,1-3H3,(H2,30,36)(H2,31,37)(H,32,39)(H,33,38)(H,34,40)/t22-,23-,24-/m0/s1. The van der Waals surface area contributed by atoms with Gasteiger partial charge in [0.15, 0.2) is 0 Å². The van der Waals surface area contributed by atoms with Crippen LogP contribution in [0.15, 0.2) is 0 Å². The van der Waals surface area contributed by atoms with Gasteiger partial charge in [0.2, 0.25) is 29.5 Å². The maximum Gasteiger partial charge on any atom is 0.243 e. The lowest BCUT2D eigenvalue weighted by molar-refractivity contribution is -0.134. The summed E-state index contributed by atoms with van der Waals surface area (Å²) in [6.45, 7) is 5.99. The number of aldehydes is 1. The van der Waals surface area contributed by atoms with Gasteiger partial charge < -0.3 is 32.2 Å². The third-order valence-electron chi connectivity index (χ3n) is 6.59. The number of nitrogens with two attached hydrogens (primary N) is 2. The molecular weight excluding hydrogens is 514 g/mol. The van der Waals surface area contributed by atoms with Crippen LogP contribution in [0, 0.1) is 5.92 Å². The smallest absolute Gasteiger partial charge is 0.243 e. The van der Waals surface area contributed by atoms with E-state index in [0.717, 1.165) is 19.3 Å². The second-order valence-corrected chi connectivity index (χ2v) is 11.0. The Morgan fingerprint density at radius 1 is 0.675 bits per heavy atom. The number of carbonyl (C=O) groups excluding carboxylic acids is 6. The number of hydrogen-bond donors (Lipinski definition) is 5. The van der Waals surface area contributed by atoms with Crippen molar-refractivity contribution in [3.05, 3.63) is 0 Å². The van der Waals surface area contributed by atoms with Crippen LogP contribution in [0.5, 0.6) is 0 Å². The van der Waals surface area contributed by atoms with Crippen LogP contribution in [0.1, 0.15) is 124 Å². The van der Waals surface area contributed by atoms with Crippen molar-refractivity contribution in [2.75, 3.05) is 0 Å². The van der Waals surface area contributed by atoms with Crippen molar-refractivity contribution in [2.24, 2.45) is 17.4 Å². The fourth-order valence-corrected chi connectivity index (χ4v) is 4.39.